The number of halogens is 2. The molecule has 0 saturated carbocycles. The molecule has 0 spiro atoms. The second-order valence-corrected chi connectivity index (χ2v) is 8.79. The highest BCUT2D eigenvalue weighted by atomic mass is 35.5. The molecule has 3 amide bonds. The molecule has 0 atom stereocenters. The van der Waals surface area contributed by atoms with E-state index < -0.39 is 28.5 Å². The maximum atomic E-state index is 12.7. The average Bonchev–Trinajstić information content (AvgIpc) is 3.34. The summed E-state index contributed by atoms with van der Waals surface area (Å²) in [5.41, 5.74) is 0.585. The van der Waals surface area contributed by atoms with E-state index in [1.807, 2.05) is 0 Å². The molecule has 1 N–H and O–H groups in total. The fourth-order valence-corrected chi connectivity index (χ4v) is 4.26. The smallest absolute Gasteiger partial charge is 0.294 e. The summed E-state index contributed by atoms with van der Waals surface area (Å²) < 4.78 is 5.67. The number of hydrogen-bond acceptors (Lipinski definition) is 7. The number of amides is 3. The van der Waals surface area contributed by atoms with Gasteiger partial charge < -0.3 is 9.73 Å². The predicted molar refractivity (Wildman–Crippen MR) is 129 cm³/mol. The van der Waals surface area contributed by atoms with Crippen LogP contribution in [-0.4, -0.2) is 33.4 Å². The highest BCUT2D eigenvalue weighted by Crippen LogP contribution is 2.35. The molecular formula is C22H13Cl2N3O6S. The third kappa shape index (κ3) is 5.14. The van der Waals surface area contributed by atoms with Gasteiger partial charge in [0.1, 0.15) is 23.1 Å². The van der Waals surface area contributed by atoms with Crippen LogP contribution in [0.25, 0.3) is 17.4 Å². The van der Waals surface area contributed by atoms with E-state index in [1.165, 1.54) is 24.3 Å². The Bertz CT molecular complexity index is 1370. The van der Waals surface area contributed by atoms with Crippen LogP contribution in [0.4, 0.5) is 16.2 Å². The van der Waals surface area contributed by atoms with Gasteiger partial charge in [0.15, 0.2) is 0 Å². The molecule has 1 saturated heterocycles. The number of nitrogens with zero attached hydrogens (tertiary/aromatic N) is 2. The Morgan fingerprint density at radius 1 is 1.15 bits per heavy atom. The van der Waals surface area contributed by atoms with Gasteiger partial charge in [-0.25, -0.2) is 0 Å². The van der Waals surface area contributed by atoms with Crippen LogP contribution in [0.5, 0.6) is 0 Å². The number of hydrogen-bond donors (Lipinski definition) is 1. The van der Waals surface area contributed by atoms with Gasteiger partial charge in [0.05, 0.1) is 9.83 Å². The van der Waals surface area contributed by atoms with Gasteiger partial charge in [-0.1, -0.05) is 29.3 Å². The van der Waals surface area contributed by atoms with Crippen molar-refractivity contribution in [3.8, 4) is 11.3 Å². The summed E-state index contributed by atoms with van der Waals surface area (Å²) in [6, 6.07) is 13.8. The summed E-state index contributed by atoms with van der Waals surface area (Å²) >= 11 is 12.4. The number of nitrogens with one attached hydrogen (secondary N) is 1. The topological polar surface area (TPSA) is 123 Å². The third-order valence-electron chi connectivity index (χ3n) is 4.61. The van der Waals surface area contributed by atoms with Crippen LogP contribution in [-0.2, 0) is 9.59 Å². The number of anilines is 1. The van der Waals surface area contributed by atoms with Crippen LogP contribution in [0, 0.1) is 10.1 Å². The summed E-state index contributed by atoms with van der Waals surface area (Å²) in [6.07, 6.45) is 1.37. The van der Waals surface area contributed by atoms with Gasteiger partial charge in [0, 0.05) is 28.4 Å². The number of carbonyl (C=O) groups is 3. The zero-order valence-corrected chi connectivity index (χ0v) is 19.3. The van der Waals surface area contributed by atoms with Crippen molar-refractivity contribution in [1.29, 1.82) is 0 Å². The third-order valence-corrected chi connectivity index (χ3v) is 6.07. The standard InChI is InChI=1S/C22H13Cl2N3O6S/c23-13-2-1-3-14(9-13)25-20(28)11-26-21(29)19(34-22(26)30)10-15-5-7-18(33-15)12-4-6-16(24)17(8-12)27(31)32/h1-10H,11H2,(H,25,28)/b19-10+. The number of benzene rings is 2. The second-order valence-electron chi connectivity index (χ2n) is 6.95. The van der Waals surface area contributed by atoms with Crippen molar-refractivity contribution in [2.45, 2.75) is 0 Å². The molecule has 2 aromatic carbocycles. The molecule has 0 bridgehead atoms. The first-order chi connectivity index (χ1) is 16.2. The van der Waals surface area contributed by atoms with Crippen LogP contribution in [0.3, 0.4) is 0 Å². The maximum Gasteiger partial charge on any atom is 0.294 e. The van der Waals surface area contributed by atoms with E-state index in [2.05, 4.69) is 5.32 Å². The number of furan rings is 1. The number of imide groups is 1. The van der Waals surface area contributed by atoms with Crippen LogP contribution >= 0.6 is 35.0 Å². The molecule has 0 unspecified atom stereocenters. The van der Waals surface area contributed by atoms with E-state index in [0.717, 1.165) is 4.90 Å². The van der Waals surface area contributed by atoms with Crippen molar-refractivity contribution in [3.63, 3.8) is 0 Å². The van der Waals surface area contributed by atoms with E-state index in [0.29, 0.717) is 33.8 Å². The Morgan fingerprint density at radius 2 is 1.94 bits per heavy atom. The lowest BCUT2D eigenvalue weighted by Crippen LogP contribution is -2.36. The monoisotopic (exact) mass is 517 g/mol. The van der Waals surface area contributed by atoms with Gasteiger partial charge >= 0.3 is 0 Å². The Kier molecular flexibility index (Phi) is 6.73. The van der Waals surface area contributed by atoms with Crippen molar-refractivity contribution < 1.29 is 23.7 Å². The number of nitro groups is 1. The molecule has 2 heterocycles. The van der Waals surface area contributed by atoms with Gasteiger partial charge in [0.2, 0.25) is 5.91 Å². The average molecular weight is 518 g/mol. The first-order valence-corrected chi connectivity index (χ1v) is 11.1. The maximum absolute atomic E-state index is 12.7. The van der Waals surface area contributed by atoms with Crippen LogP contribution in [0.2, 0.25) is 10.0 Å². The van der Waals surface area contributed by atoms with Crippen molar-refractivity contribution >= 4 is 69.5 Å². The molecule has 4 rings (SSSR count). The lowest BCUT2D eigenvalue weighted by Gasteiger charge is -2.12. The Balaban J connectivity index is 1.47. The summed E-state index contributed by atoms with van der Waals surface area (Å²) in [4.78, 5) is 48.7. The van der Waals surface area contributed by atoms with Gasteiger partial charge in [-0.3, -0.25) is 29.4 Å². The number of rotatable bonds is 6. The summed E-state index contributed by atoms with van der Waals surface area (Å²) in [7, 11) is 0. The highest BCUT2D eigenvalue weighted by molar-refractivity contribution is 8.18. The van der Waals surface area contributed by atoms with E-state index in [1.54, 1.807) is 36.4 Å². The summed E-state index contributed by atoms with van der Waals surface area (Å²) in [5.74, 6) is -0.639. The van der Waals surface area contributed by atoms with Gasteiger partial charge in [0.25, 0.3) is 16.8 Å². The molecule has 0 aliphatic carbocycles. The molecular weight excluding hydrogens is 505 g/mol. The number of nitro benzene ring substituents is 1. The SMILES string of the molecule is O=C(CN1C(=O)S/C(=C/c2ccc(-c3ccc(Cl)c([N+](=O)[O-])c3)o2)C1=O)Nc1cccc(Cl)c1. The minimum absolute atomic E-state index is 0.00592. The molecule has 0 radical (unpaired) electrons. The molecule has 9 nitrogen and oxygen atoms in total. The second kappa shape index (κ2) is 9.72. The largest absolute Gasteiger partial charge is 0.457 e. The fourth-order valence-electron chi connectivity index (χ4n) is 3.07. The van der Waals surface area contributed by atoms with Crippen LogP contribution < -0.4 is 5.32 Å². The van der Waals surface area contributed by atoms with E-state index in [9.17, 15) is 24.5 Å². The minimum atomic E-state index is -0.642. The normalized spacial score (nSPS) is 14.6. The molecule has 1 aliphatic heterocycles. The quantitative estimate of drug-likeness (QED) is 0.247. The number of carbonyl (C=O) groups excluding carboxylic acids is 3. The first-order valence-electron chi connectivity index (χ1n) is 9.56. The number of thioether (sulfide) groups is 1. The Hall–Kier alpha value is -3.60. The fraction of sp³-hybridized carbons (Fsp3) is 0.0455. The van der Waals surface area contributed by atoms with Crippen LogP contribution in [0.15, 0.2) is 63.9 Å². The van der Waals surface area contributed by atoms with Gasteiger partial charge in [-0.15, -0.1) is 0 Å². The molecule has 1 fully saturated rings. The lowest BCUT2D eigenvalue weighted by molar-refractivity contribution is -0.384. The van der Waals surface area contributed by atoms with Crippen molar-refractivity contribution in [1.82, 2.24) is 4.90 Å². The lowest BCUT2D eigenvalue weighted by atomic mass is 10.1. The van der Waals surface area contributed by atoms with E-state index in [4.69, 9.17) is 27.6 Å². The molecule has 34 heavy (non-hydrogen) atoms. The molecule has 12 heteroatoms. The Labute approximate surface area is 206 Å². The summed E-state index contributed by atoms with van der Waals surface area (Å²) in [6.45, 7) is -0.466. The van der Waals surface area contributed by atoms with Crippen molar-refractivity contribution in [2.75, 3.05) is 11.9 Å². The highest BCUT2D eigenvalue weighted by Gasteiger charge is 2.36. The first kappa shape index (κ1) is 23.6. The Morgan fingerprint density at radius 3 is 2.68 bits per heavy atom. The van der Waals surface area contributed by atoms with Crippen LogP contribution in [0.1, 0.15) is 5.76 Å². The zero-order valence-electron chi connectivity index (χ0n) is 17.0. The molecule has 172 valence electrons. The van der Waals surface area contributed by atoms with Crippen molar-refractivity contribution in [2.24, 2.45) is 0 Å². The predicted octanol–water partition coefficient (Wildman–Crippen LogP) is 5.84. The van der Waals surface area contributed by atoms with Gasteiger partial charge in [-0.05, 0) is 54.2 Å². The zero-order chi connectivity index (χ0) is 24.4. The van der Waals surface area contributed by atoms with E-state index in [-0.39, 0.29) is 21.4 Å². The molecule has 1 aliphatic rings. The van der Waals surface area contributed by atoms with Crippen molar-refractivity contribution in [3.05, 3.63) is 85.4 Å². The molecule has 1 aromatic heterocycles. The molecule has 3 aromatic rings. The van der Waals surface area contributed by atoms with Gasteiger partial charge in [-0.2, -0.15) is 0 Å². The summed E-state index contributed by atoms with van der Waals surface area (Å²) in [5, 5.41) is 13.5. The minimum Gasteiger partial charge on any atom is -0.457 e. The van der Waals surface area contributed by atoms with E-state index >= 15 is 0 Å².